The normalized spacial score (nSPS) is 11.8. The van der Waals surface area contributed by atoms with Crippen LogP contribution in [-0.4, -0.2) is 44.3 Å². The van der Waals surface area contributed by atoms with Gasteiger partial charge in [0.15, 0.2) is 5.96 Å². The van der Waals surface area contributed by atoms with Crippen LogP contribution in [0.2, 0.25) is 0 Å². The van der Waals surface area contributed by atoms with Crippen LogP contribution in [0.4, 0.5) is 0 Å². The van der Waals surface area contributed by atoms with Crippen molar-refractivity contribution in [3.8, 4) is 11.5 Å². The molecule has 0 amide bonds. The topological polar surface area (TPSA) is 99.8 Å². The van der Waals surface area contributed by atoms with Crippen LogP contribution in [0.25, 0.3) is 11.5 Å². The van der Waals surface area contributed by atoms with E-state index in [1.165, 1.54) is 18.4 Å². The molecule has 32 heavy (non-hydrogen) atoms. The van der Waals surface area contributed by atoms with Gasteiger partial charge in [0.1, 0.15) is 6.26 Å². The van der Waals surface area contributed by atoms with Gasteiger partial charge in [-0.3, -0.25) is 0 Å². The first-order valence-electron chi connectivity index (χ1n) is 9.93. The van der Waals surface area contributed by atoms with Gasteiger partial charge in [-0.15, -0.1) is 24.0 Å². The second-order valence-electron chi connectivity index (χ2n) is 6.99. The quantitative estimate of drug-likeness (QED) is 0.245. The standard InChI is InChI=1S/C22H27N5O3S.HI/c1-4-23-22(24-14-17-10-12-20(13-11-17)31(28,29)27(2)3)25-15-19-16-30-21(26-19)18-8-6-5-7-9-18;/h5-13,16H,4,14-15H2,1-3H3,(H2,23,24,25);1H. The fourth-order valence-electron chi connectivity index (χ4n) is 2.77. The van der Waals surface area contributed by atoms with Gasteiger partial charge < -0.3 is 15.1 Å². The van der Waals surface area contributed by atoms with Crippen molar-refractivity contribution in [1.82, 2.24) is 19.9 Å². The predicted octanol–water partition coefficient (Wildman–Crippen LogP) is 3.47. The molecule has 0 saturated heterocycles. The number of aromatic nitrogens is 1. The van der Waals surface area contributed by atoms with Gasteiger partial charge in [0.05, 0.1) is 23.7 Å². The van der Waals surface area contributed by atoms with Crippen LogP contribution < -0.4 is 10.6 Å². The fraction of sp³-hybridized carbons (Fsp3) is 0.273. The summed E-state index contributed by atoms with van der Waals surface area (Å²) in [6.07, 6.45) is 1.63. The van der Waals surface area contributed by atoms with Crippen LogP contribution in [0.1, 0.15) is 18.2 Å². The Bertz CT molecular complexity index is 1110. The van der Waals surface area contributed by atoms with E-state index in [2.05, 4.69) is 20.6 Å². The lowest BCUT2D eigenvalue weighted by molar-refractivity contribution is 0.520. The van der Waals surface area contributed by atoms with Gasteiger partial charge in [-0.05, 0) is 36.8 Å². The van der Waals surface area contributed by atoms with E-state index in [1.807, 2.05) is 37.3 Å². The van der Waals surface area contributed by atoms with E-state index < -0.39 is 10.0 Å². The minimum Gasteiger partial charge on any atom is -0.444 e. The Hall–Kier alpha value is -2.44. The molecular weight excluding hydrogens is 541 g/mol. The summed E-state index contributed by atoms with van der Waals surface area (Å²) in [4.78, 5) is 9.33. The summed E-state index contributed by atoms with van der Waals surface area (Å²) < 4.78 is 31.1. The highest BCUT2D eigenvalue weighted by Gasteiger charge is 2.16. The maximum Gasteiger partial charge on any atom is 0.242 e. The smallest absolute Gasteiger partial charge is 0.242 e. The number of aliphatic imine (C=N–C) groups is 1. The zero-order valence-corrected chi connectivity index (χ0v) is 21.4. The largest absolute Gasteiger partial charge is 0.444 e. The number of halogens is 1. The predicted molar refractivity (Wildman–Crippen MR) is 136 cm³/mol. The van der Waals surface area contributed by atoms with Crippen LogP contribution >= 0.6 is 24.0 Å². The molecule has 0 saturated carbocycles. The third-order valence-corrected chi connectivity index (χ3v) is 6.30. The van der Waals surface area contributed by atoms with Crippen LogP contribution in [-0.2, 0) is 23.1 Å². The zero-order chi connectivity index (χ0) is 22.3. The molecule has 0 fully saturated rings. The maximum atomic E-state index is 12.2. The van der Waals surface area contributed by atoms with Gasteiger partial charge in [-0.25, -0.2) is 22.7 Å². The van der Waals surface area contributed by atoms with Crippen LogP contribution in [0, 0.1) is 0 Å². The van der Waals surface area contributed by atoms with Crippen molar-refractivity contribution in [2.24, 2.45) is 4.99 Å². The Morgan fingerprint density at radius 1 is 1.06 bits per heavy atom. The highest BCUT2D eigenvalue weighted by Crippen LogP contribution is 2.18. The first-order chi connectivity index (χ1) is 14.9. The second-order valence-corrected chi connectivity index (χ2v) is 9.14. The van der Waals surface area contributed by atoms with Gasteiger partial charge >= 0.3 is 0 Å². The minimum absolute atomic E-state index is 0. The number of nitrogens with zero attached hydrogens (tertiary/aromatic N) is 3. The lowest BCUT2D eigenvalue weighted by Crippen LogP contribution is -2.36. The monoisotopic (exact) mass is 569 g/mol. The molecule has 8 nitrogen and oxygen atoms in total. The Morgan fingerprint density at radius 2 is 1.75 bits per heavy atom. The maximum absolute atomic E-state index is 12.2. The van der Waals surface area contributed by atoms with Crippen molar-refractivity contribution < 1.29 is 12.8 Å². The average molecular weight is 569 g/mol. The van der Waals surface area contributed by atoms with Crippen molar-refractivity contribution in [2.75, 3.05) is 20.6 Å². The molecule has 0 bridgehead atoms. The summed E-state index contributed by atoms with van der Waals surface area (Å²) >= 11 is 0. The Labute approximate surface area is 206 Å². The van der Waals surface area contributed by atoms with E-state index in [-0.39, 0.29) is 28.9 Å². The first-order valence-corrected chi connectivity index (χ1v) is 11.4. The summed E-state index contributed by atoms with van der Waals surface area (Å²) in [5.74, 6) is 1.21. The number of sulfonamides is 1. The fourth-order valence-corrected chi connectivity index (χ4v) is 3.67. The molecule has 0 aliphatic rings. The third kappa shape index (κ3) is 6.78. The molecule has 1 heterocycles. The molecule has 10 heteroatoms. The molecule has 3 aromatic rings. The van der Waals surface area contributed by atoms with Crippen LogP contribution in [0.15, 0.2) is 75.2 Å². The minimum atomic E-state index is -3.43. The highest BCUT2D eigenvalue weighted by molar-refractivity contribution is 14.0. The molecular formula is C22H28IN5O3S. The Balaban J connectivity index is 0.00000363. The molecule has 3 rings (SSSR count). The highest BCUT2D eigenvalue weighted by atomic mass is 127. The van der Waals surface area contributed by atoms with Crippen LogP contribution in [0.3, 0.4) is 0 Å². The van der Waals surface area contributed by atoms with Crippen molar-refractivity contribution >= 4 is 40.0 Å². The summed E-state index contributed by atoms with van der Waals surface area (Å²) in [6, 6.07) is 16.5. The molecule has 2 aromatic carbocycles. The van der Waals surface area contributed by atoms with Crippen molar-refractivity contribution in [3.05, 3.63) is 72.1 Å². The van der Waals surface area contributed by atoms with E-state index in [0.717, 1.165) is 16.8 Å². The number of guanidine groups is 1. The van der Waals surface area contributed by atoms with E-state index in [0.29, 0.717) is 31.5 Å². The average Bonchev–Trinajstić information content (AvgIpc) is 3.25. The van der Waals surface area contributed by atoms with Gasteiger partial charge in [-0.1, -0.05) is 30.3 Å². The molecule has 0 spiro atoms. The lowest BCUT2D eigenvalue weighted by atomic mass is 10.2. The molecule has 0 unspecified atom stereocenters. The lowest BCUT2D eigenvalue weighted by Gasteiger charge is -2.12. The molecule has 0 aliphatic carbocycles. The summed E-state index contributed by atoms with van der Waals surface area (Å²) in [5, 5.41) is 6.43. The number of rotatable bonds is 8. The van der Waals surface area contributed by atoms with Crippen molar-refractivity contribution in [3.63, 3.8) is 0 Å². The summed E-state index contributed by atoms with van der Waals surface area (Å²) in [7, 11) is -0.407. The van der Waals surface area contributed by atoms with E-state index in [4.69, 9.17) is 4.42 Å². The van der Waals surface area contributed by atoms with Gasteiger partial charge in [-0.2, -0.15) is 0 Å². The molecule has 2 N–H and O–H groups in total. The summed E-state index contributed by atoms with van der Waals surface area (Å²) in [6.45, 7) is 3.57. The van der Waals surface area contributed by atoms with Crippen molar-refractivity contribution in [2.45, 2.75) is 24.9 Å². The van der Waals surface area contributed by atoms with E-state index in [1.54, 1.807) is 30.5 Å². The van der Waals surface area contributed by atoms with E-state index >= 15 is 0 Å². The molecule has 1 aromatic heterocycles. The van der Waals surface area contributed by atoms with Crippen molar-refractivity contribution in [1.29, 1.82) is 0 Å². The number of hydrogen-bond acceptors (Lipinski definition) is 5. The number of nitrogens with one attached hydrogen (secondary N) is 2. The second kappa shape index (κ2) is 12.0. The SMILES string of the molecule is CCNC(=NCc1ccc(S(=O)(=O)N(C)C)cc1)NCc1coc(-c2ccccc2)n1.I. The van der Waals surface area contributed by atoms with Gasteiger partial charge in [0.25, 0.3) is 0 Å². The summed E-state index contributed by atoms with van der Waals surface area (Å²) in [5.41, 5.74) is 2.60. The van der Waals surface area contributed by atoms with E-state index in [9.17, 15) is 8.42 Å². The Kier molecular flexibility index (Phi) is 9.66. The van der Waals surface area contributed by atoms with Crippen LogP contribution in [0.5, 0.6) is 0 Å². The van der Waals surface area contributed by atoms with Gasteiger partial charge in [0.2, 0.25) is 15.9 Å². The zero-order valence-electron chi connectivity index (χ0n) is 18.3. The van der Waals surface area contributed by atoms with Gasteiger partial charge in [0, 0.05) is 26.2 Å². The molecule has 0 atom stereocenters. The number of benzene rings is 2. The molecule has 0 radical (unpaired) electrons. The number of hydrogen-bond donors (Lipinski definition) is 2. The molecule has 172 valence electrons. The third-order valence-electron chi connectivity index (χ3n) is 4.48. The first kappa shape index (κ1) is 25.8. The molecule has 0 aliphatic heterocycles. The number of oxazole rings is 1. The Morgan fingerprint density at radius 3 is 2.38 bits per heavy atom.